The first-order valence-electron chi connectivity index (χ1n) is 8.11. The maximum Gasteiger partial charge on any atom is 0.0834 e. The molecule has 1 aliphatic rings. The average Bonchev–Trinajstić information content (AvgIpc) is 2.81. The molecule has 1 aromatic rings. The molecule has 0 aromatic carbocycles. The van der Waals surface area contributed by atoms with Crippen molar-refractivity contribution in [3.05, 3.63) is 16.9 Å². The van der Waals surface area contributed by atoms with Gasteiger partial charge in [-0.2, -0.15) is 5.10 Å². The van der Waals surface area contributed by atoms with E-state index in [1.165, 1.54) is 31.4 Å². The second-order valence-corrected chi connectivity index (χ2v) is 6.56. The molecule has 1 heterocycles. The van der Waals surface area contributed by atoms with E-state index in [0.717, 1.165) is 30.5 Å². The summed E-state index contributed by atoms with van der Waals surface area (Å²) in [5, 5.41) is 8.97. The Bertz CT molecular complexity index is 416. The van der Waals surface area contributed by atoms with Crippen LogP contribution in [-0.2, 0) is 6.54 Å². The molecule has 0 spiro atoms. The molecule has 20 heavy (non-hydrogen) atoms. The van der Waals surface area contributed by atoms with Crippen molar-refractivity contribution in [3.8, 4) is 0 Å². The number of hydrogen-bond donors (Lipinski definition) is 1. The van der Waals surface area contributed by atoms with E-state index in [2.05, 4.69) is 35.9 Å². The van der Waals surface area contributed by atoms with Gasteiger partial charge in [-0.1, -0.05) is 38.3 Å². The molecular formula is C16H28ClN3. The minimum absolute atomic E-state index is 0.354. The minimum atomic E-state index is 0.354. The Morgan fingerprint density at radius 1 is 1.45 bits per heavy atom. The van der Waals surface area contributed by atoms with Crippen molar-refractivity contribution in [1.82, 2.24) is 15.1 Å². The molecule has 1 aromatic heterocycles. The van der Waals surface area contributed by atoms with Gasteiger partial charge in [-0.3, -0.25) is 4.68 Å². The van der Waals surface area contributed by atoms with Crippen LogP contribution in [0.3, 0.4) is 0 Å². The number of nitrogens with zero attached hydrogens (tertiary/aromatic N) is 2. The van der Waals surface area contributed by atoms with Gasteiger partial charge in [0.2, 0.25) is 0 Å². The quantitative estimate of drug-likeness (QED) is 0.842. The summed E-state index contributed by atoms with van der Waals surface area (Å²) >= 11 is 6.43. The fourth-order valence-corrected chi connectivity index (χ4v) is 3.76. The highest BCUT2D eigenvalue weighted by Gasteiger charge is 2.31. The van der Waals surface area contributed by atoms with Crippen molar-refractivity contribution in [2.24, 2.45) is 11.8 Å². The summed E-state index contributed by atoms with van der Waals surface area (Å²) in [5.41, 5.74) is 1.20. The summed E-state index contributed by atoms with van der Waals surface area (Å²) in [6.07, 6.45) is 8.26. The van der Waals surface area contributed by atoms with Crippen LogP contribution in [0.25, 0.3) is 0 Å². The van der Waals surface area contributed by atoms with Crippen molar-refractivity contribution in [2.45, 2.75) is 65.5 Å². The lowest BCUT2D eigenvalue weighted by atomic mass is 9.77. The minimum Gasteiger partial charge on any atom is -0.308 e. The van der Waals surface area contributed by atoms with Crippen molar-refractivity contribution in [2.75, 3.05) is 6.54 Å². The lowest BCUT2D eigenvalue weighted by Crippen LogP contribution is -2.33. The number of aryl methyl sites for hydroxylation is 1. The van der Waals surface area contributed by atoms with Gasteiger partial charge in [0.25, 0.3) is 0 Å². The maximum atomic E-state index is 6.43. The van der Waals surface area contributed by atoms with Gasteiger partial charge in [0.15, 0.2) is 0 Å². The molecule has 3 unspecified atom stereocenters. The van der Waals surface area contributed by atoms with Crippen LogP contribution in [0.4, 0.5) is 0 Å². The summed E-state index contributed by atoms with van der Waals surface area (Å²) in [4.78, 5) is 0. The number of rotatable bonds is 6. The predicted octanol–water partition coefficient (Wildman–Crippen LogP) is 4.42. The van der Waals surface area contributed by atoms with Crippen LogP contribution < -0.4 is 5.32 Å². The first-order chi connectivity index (χ1) is 9.67. The van der Waals surface area contributed by atoms with Crippen molar-refractivity contribution >= 4 is 11.6 Å². The molecule has 4 heteroatoms. The summed E-state index contributed by atoms with van der Waals surface area (Å²) in [7, 11) is 0. The van der Waals surface area contributed by atoms with Crippen molar-refractivity contribution < 1.29 is 0 Å². The highest BCUT2D eigenvalue weighted by atomic mass is 35.5. The van der Waals surface area contributed by atoms with E-state index in [-0.39, 0.29) is 0 Å². The van der Waals surface area contributed by atoms with E-state index in [1.807, 2.05) is 0 Å². The summed E-state index contributed by atoms with van der Waals surface area (Å²) in [6, 6.07) is 0.354. The van der Waals surface area contributed by atoms with Crippen LogP contribution in [0.1, 0.15) is 64.6 Å². The Balaban J connectivity index is 2.23. The summed E-state index contributed by atoms with van der Waals surface area (Å²) < 4.78 is 2.06. The van der Waals surface area contributed by atoms with Gasteiger partial charge in [0, 0.05) is 6.54 Å². The van der Waals surface area contributed by atoms with Gasteiger partial charge in [-0.25, -0.2) is 0 Å². The van der Waals surface area contributed by atoms with E-state index in [4.69, 9.17) is 11.6 Å². The van der Waals surface area contributed by atoms with Crippen LogP contribution in [0, 0.1) is 11.8 Å². The zero-order chi connectivity index (χ0) is 14.5. The van der Waals surface area contributed by atoms with Gasteiger partial charge in [0.1, 0.15) is 0 Å². The van der Waals surface area contributed by atoms with Crippen molar-refractivity contribution in [1.29, 1.82) is 0 Å². The SMILES string of the molecule is CCCNC(c1c(Cl)cnn1CC)C1CCCC(C)C1. The molecule has 0 radical (unpaired) electrons. The van der Waals surface area contributed by atoms with E-state index < -0.39 is 0 Å². The molecular weight excluding hydrogens is 270 g/mol. The average molecular weight is 298 g/mol. The largest absolute Gasteiger partial charge is 0.308 e. The second kappa shape index (κ2) is 7.46. The highest BCUT2D eigenvalue weighted by Crippen LogP contribution is 2.39. The molecule has 1 saturated carbocycles. The highest BCUT2D eigenvalue weighted by molar-refractivity contribution is 6.31. The zero-order valence-electron chi connectivity index (χ0n) is 13.0. The summed E-state index contributed by atoms with van der Waals surface area (Å²) in [6.45, 7) is 8.65. The van der Waals surface area contributed by atoms with Crippen LogP contribution >= 0.6 is 11.6 Å². The molecule has 1 aliphatic carbocycles. The molecule has 114 valence electrons. The Kier molecular flexibility index (Phi) is 5.91. The third-order valence-corrected chi connectivity index (χ3v) is 4.78. The third kappa shape index (κ3) is 3.56. The Hall–Kier alpha value is -0.540. The molecule has 0 saturated heterocycles. The molecule has 0 aliphatic heterocycles. The number of aromatic nitrogens is 2. The predicted molar refractivity (Wildman–Crippen MR) is 85.1 cm³/mol. The zero-order valence-corrected chi connectivity index (χ0v) is 13.8. The Labute approximate surface area is 128 Å². The maximum absolute atomic E-state index is 6.43. The number of nitrogens with one attached hydrogen (secondary N) is 1. The topological polar surface area (TPSA) is 29.9 Å². The third-order valence-electron chi connectivity index (χ3n) is 4.49. The second-order valence-electron chi connectivity index (χ2n) is 6.16. The normalized spacial score (nSPS) is 24.8. The van der Waals surface area contributed by atoms with Crippen molar-refractivity contribution in [3.63, 3.8) is 0 Å². The fraction of sp³-hybridized carbons (Fsp3) is 0.812. The van der Waals surface area contributed by atoms with Gasteiger partial charge in [-0.05, 0) is 44.6 Å². The Morgan fingerprint density at radius 3 is 2.90 bits per heavy atom. The van der Waals surface area contributed by atoms with E-state index in [1.54, 1.807) is 6.20 Å². The van der Waals surface area contributed by atoms with Gasteiger partial charge < -0.3 is 5.32 Å². The molecule has 0 amide bonds. The van der Waals surface area contributed by atoms with Gasteiger partial charge in [0.05, 0.1) is 23.0 Å². The molecule has 3 atom stereocenters. The number of halogens is 1. The molecule has 1 N–H and O–H groups in total. The number of hydrogen-bond acceptors (Lipinski definition) is 2. The van der Waals surface area contributed by atoms with Crippen LogP contribution in [0.5, 0.6) is 0 Å². The monoisotopic (exact) mass is 297 g/mol. The van der Waals surface area contributed by atoms with Crippen LogP contribution in [0.2, 0.25) is 5.02 Å². The smallest absolute Gasteiger partial charge is 0.0834 e. The van der Waals surface area contributed by atoms with Gasteiger partial charge in [-0.15, -0.1) is 0 Å². The van der Waals surface area contributed by atoms with E-state index >= 15 is 0 Å². The lowest BCUT2D eigenvalue weighted by molar-refractivity contribution is 0.217. The molecule has 3 nitrogen and oxygen atoms in total. The molecule has 0 bridgehead atoms. The lowest BCUT2D eigenvalue weighted by Gasteiger charge is -2.34. The van der Waals surface area contributed by atoms with Crippen LogP contribution in [0.15, 0.2) is 6.20 Å². The standard InChI is InChI=1S/C16H28ClN3/c1-4-9-18-15(13-8-6-7-12(3)10-13)16-14(17)11-19-20(16)5-2/h11-13,15,18H,4-10H2,1-3H3. The first-order valence-corrected chi connectivity index (χ1v) is 8.49. The molecule has 2 rings (SSSR count). The van der Waals surface area contributed by atoms with Gasteiger partial charge >= 0.3 is 0 Å². The Morgan fingerprint density at radius 2 is 2.25 bits per heavy atom. The molecule has 1 fully saturated rings. The van der Waals surface area contributed by atoms with E-state index in [0.29, 0.717) is 12.0 Å². The summed E-state index contributed by atoms with van der Waals surface area (Å²) in [5.74, 6) is 1.52. The fourth-order valence-electron chi connectivity index (χ4n) is 3.50. The first kappa shape index (κ1) is 15.8. The van der Waals surface area contributed by atoms with E-state index in [9.17, 15) is 0 Å². The van der Waals surface area contributed by atoms with Crippen LogP contribution in [-0.4, -0.2) is 16.3 Å².